The van der Waals surface area contributed by atoms with E-state index >= 15 is 0 Å². The van der Waals surface area contributed by atoms with Crippen LogP contribution in [0.3, 0.4) is 0 Å². The summed E-state index contributed by atoms with van der Waals surface area (Å²) in [5.74, 6) is 0.929. The molecule has 0 fully saturated rings. The van der Waals surface area contributed by atoms with Gasteiger partial charge in [-0.15, -0.1) is 11.8 Å². The second kappa shape index (κ2) is 12.7. The Morgan fingerprint density at radius 1 is 1.00 bits per heavy atom. The molecule has 0 aliphatic rings. The predicted octanol–water partition coefficient (Wildman–Crippen LogP) is 2.76. The van der Waals surface area contributed by atoms with Crippen molar-refractivity contribution in [2.45, 2.75) is 36.3 Å². The Kier molecular flexibility index (Phi) is 10.2. The van der Waals surface area contributed by atoms with E-state index in [1.807, 2.05) is 36.4 Å². The monoisotopic (exact) mass is 385 g/mol. The summed E-state index contributed by atoms with van der Waals surface area (Å²) in [7, 11) is 0. The maximum Gasteiger partial charge on any atom is 0.163 e. The van der Waals surface area contributed by atoms with Crippen molar-refractivity contribution in [1.29, 1.82) is 0 Å². The van der Waals surface area contributed by atoms with Gasteiger partial charge in [-0.05, 0) is 43.5 Å². The normalized spacial score (nSPS) is 13.3. The van der Waals surface area contributed by atoms with Gasteiger partial charge < -0.3 is 16.8 Å². The number of rotatable bonds is 13. The molecular weight excluding hydrogens is 354 g/mol. The van der Waals surface area contributed by atoms with Crippen LogP contribution in [0.25, 0.3) is 0 Å². The van der Waals surface area contributed by atoms with Crippen molar-refractivity contribution in [3.63, 3.8) is 0 Å². The first-order chi connectivity index (χ1) is 13.2. The summed E-state index contributed by atoms with van der Waals surface area (Å²) >= 11 is 1.67. The van der Waals surface area contributed by atoms with E-state index in [0.717, 1.165) is 25.1 Å². The first-order valence-corrected chi connectivity index (χ1v) is 10.6. The SMILES string of the molecule is NCCC[C@@H](N)C(=O)C(CNCCc1ccccc1)SCc1ccccc1. The fourth-order valence-electron chi connectivity index (χ4n) is 2.84. The summed E-state index contributed by atoms with van der Waals surface area (Å²) in [5, 5.41) is 3.30. The zero-order valence-electron chi connectivity index (χ0n) is 15.8. The number of carbonyl (C=O) groups excluding carboxylic acids is 1. The fraction of sp³-hybridized carbons (Fsp3) is 0.409. The number of hydrogen-bond acceptors (Lipinski definition) is 5. The highest BCUT2D eigenvalue weighted by molar-refractivity contribution is 7.99. The largest absolute Gasteiger partial charge is 0.330 e. The fourth-order valence-corrected chi connectivity index (χ4v) is 4.00. The molecule has 0 heterocycles. The van der Waals surface area contributed by atoms with Crippen LogP contribution in [0.2, 0.25) is 0 Å². The summed E-state index contributed by atoms with van der Waals surface area (Å²) in [6, 6.07) is 20.2. The minimum Gasteiger partial charge on any atom is -0.330 e. The Labute approximate surface area is 167 Å². The molecule has 27 heavy (non-hydrogen) atoms. The van der Waals surface area contributed by atoms with Crippen molar-refractivity contribution in [3.8, 4) is 0 Å². The summed E-state index contributed by atoms with van der Waals surface area (Å²) in [6.07, 6.45) is 2.39. The quantitative estimate of drug-likeness (QED) is 0.462. The van der Waals surface area contributed by atoms with Crippen LogP contribution in [0.4, 0.5) is 0 Å². The van der Waals surface area contributed by atoms with Crippen molar-refractivity contribution < 1.29 is 4.79 Å². The van der Waals surface area contributed by atoms with Crippen LogP contribution >= 0.6 is 11.8 Å². The van der Waals surface area contributed by atoms with Gasteiger partial charge in [-0.3, -0.25) is 4.79 Å². The minimum atomic E-state index is -0.433. The molecule has 5 N–H and O–H groups in total. The average Bonchev–Trinajstić information content (AvgIpc) is 2.72. The van der Waals surface area contributed by atoms with E-state index in [0.29, 0.717) is 19.5 Å². The van der Waals surface area contributed by atoms with Gasteiger partial charge in [-0.1, -0.05) is 60.7 Å². The highest BCUT2D eigenvalue weighted by atomic mass is 32.2. The minimum absolute atomic E-state index is 0.122. The van der Waals surface area contributed by atoms with E-state index in [4.69, 9.17) is 11.5 Å². The summed E-state index contributed by atoms with van der Waals surface area (Å²) in [5.41, 5.74) is 14.2. The molecule has 0 aliphatic carbocycles. The lowest BCUT2D eigenvalue weighted by atomic mass is 10.0. The summed E-state index contributed by atoms with van der Waals surface area (Å²) in [4.78, 5) is 12.8. The number of carbonyl (C=O) groups is 1. The number of benzene rings is 2. The average molecular weight is 386 g/mol. The lowest BCUT2D eigenvalue weighted by Crippen LogP contribution is -2.42. The second-order valence-corrected chi connectivity index (χ2v) is 7.86. The molecule has 2 rings (SSSR count). The lowest BCUT2D eigenvalue weighted by Gasteiger charge is -2.20. The van der Waals surface area contributed by atoms with Gasteiger partial charge in [0.15, 0.2) is 5.78 Å². The van der Waals surface area contributed by atoms with Crippen LogP contribution in [-0.2, 0) is 17.0 Å². The molecule has 0 amide bonds. The van der Waals surface area contributed by atoms with Gasteiger partial charge in [0.1, 0.15) is 0 Å². The number of nitrogens with one attached hydrogen (secondary N) is 1. The van der Waals surface area contributed by atoms with Crippen molar-refractivity contribution in [2.24, 2.45) is 11.5 Å². The number of nitrogens with two attached hydrogens (primary N) is 2. The highest BCUT2D eigenvalue weighted by Crippen LogP contribution is 2.20. The van der Waals surface area contributed by atoms with Gasteiger partial charge in [0.25, 0.3) is 0 Å². The van der Waals surface area contributed by atoms with Crippen LogP contribution in [0, 0.1) is 0 Å². The molecular formula is C22H31N3OS. The Morgan fingerprint density at radius 2 is 1.63 bits per heavy atom. The van der Waals surface area contributed by atoms with Gasteiger partial charge in [0, 0.05) is 12.3 Å². The number of ketones is 1. The second-order valence-electron chi connectivity index (χ2n) is 6.66. The Hall–Kier alpha value is -1.66. The van der Waals surface area contributed by atoms with Crippen LogP contribution in [0.5, 0.6) is 0 Å². The molecule has 5 heteroatoms. The Bertz CT molecular complexity index is 651. The summed E-state index contributed by atoms with van der Waals surface area (Å²) < 4.78 is 0. The van der Waals surface area contributed by atoms with Gasteiger partial charge in [0.2, 0.25) is 0 Å². The van der Waals surface area contributed by atoms with Gasteiger partial charge in [0.05, 0.1) is 11.3 Å². The standard InChI is InChI=1S/C22H31N3OS/c23-14-7-12-20(24)22(26)21(27-17-19-10-5-2-6-11-19)16-25-15-13-18-8-3-1-4-9-18/h1-6,8-11,20-21,25H,7,12-17,23-24H2/t20-,21?/m1/s1. The molecule has 0 spiro atoms. The molecule has 146 valence electrons. The lowest BCUT2D eigenvalue weighted by molar-refractivity contribution is -0.119. The molecule has 2 aromatic rings. The highest BCUT2D eigenvalue weighted by Gasteiger charge is 2.24. The van der Waals surface area contributed by atoms with E-state index in [-0.39, 0.29) is 11.0 Å². The molecule has 0 aromatic heterocycles. The maximum absolute atomic E-state index is 12.8. The number of hydrogen-bond donors (Lipinski definition) is 3. The third-order valence-electron chi connectivity index (χ3n) is 4.46. The first kappa shape index (κ1) is 21.6. The third kappa shape index (κ3) is 8.26. The van der Waals surface area contributed by atoms with Gasteiger partial charge in [-0.2, -0.15) is 0 Å². The van der Waals surface area contributed by atoms with Crippen molar-refractivity contribution >= 4 is 17.5 Å². The molecule has 2 aromatic carbocycles. The number of thioether (sulfide) groups is 1. The zero-order valence-corrected chi connectivity index (χ0v) is 16.7. The molecule has 4 nitrogen and oxygen atoms in total. The maximum atomic E-state index is 12.8. The van der Waals surface area contributed by atoms with E-state index in [1.54, 1.807) is 11.8 Å². The predicted molar refractivity (Wildman–Crippen MR) is 116 cm³/mol. The molecule has 0 bridgehead atoms. The van der Waals surface area contributed by atoms with E-state index in [9.17, 15) is 4.79 Å². The topological polar surface area (TPSA) is 81.1 Å². The zero-order chi connectivity index (χ0) is 19.3. The molecule has 1 unspecified atom stereocenters. The van der Waals surface area contributed by atoms with E-state index in [1.165, 1.54) is 11.1 Å². The molecule has 0 aliphatic heterocycles. The van der Waals surface area contributed by atoms with E-state index in [2.05, 4.69) is 29.6 Å². The van der Waals surface area contributed by atoms with Gasteiger partial charge in [-0.25, -0.2) is 0 Å². The molecule has 0 saturated carbocycles. The van der Waals surface area contributed by atoms with Crippen molar-refractivity contribution in [1.82, 2.24) is 5.32 Å². The van der Waals surface area contributed by atoms with Crippen LogP contribution < -0.4 is 16.8 Å². The third-order valence-corrected chi connectivity index (χ3v) is 5.76. The first-order valence-electron chi connectivity index (χ1n) is 9.60. The molecule has 0 radical (unpaired) electrons. The van der Waals surface area contributed by atoms with Crippen LogP contribution in [0.1, 0.15) is 24.0 Å². The molecule has 2 atom stereocenters. The summed E-state index contributed by atoms with van der Waals surface area (Å²) in [6.45, 7) is 2.05. The molecule has 0 saturated heterocycles. The van der Waals surface area contributed by atoms with Crippen molar-refractivity contribution in [2.75, 3.05) is 19.6 Å². The Morgan fingerprint density at radius 3 is 2.26 bits per heavy atom. The smallest absolute Gasteiger partial charge is 0.163 e. The van der Waals surface area contributed by atoms with Crippen LogP contribution in [0.15, 0.2) is 60.7 Å². The van der Waals surface area contributed by atoms with Crippen molar-refractivity contribution in [3.05, 3.63) is 71.8 Å². The van der Waals surface area contributed by atoms with Crippen LogP contribution in [-0.4, -0.2) is 36.7 Å². The van der Waals surface area contributed by atoms with E-state index < -0.39 is 6.04 Å². The number of Topliss-reactive ketones (excluding diaryl/α,β-unsaturated/α-hetero) is 1. The Balaban J connectivity index is 1.86. The van der Waals surface area contributed by atoms with Gasteiger partial charge >= 0.3 is 0 Å².